The second kappa shape index (κ2) is 7.06. The highest BCUT2D eigenvalue weighted by atomic mass is 16.2. The monoisotopic (exact) mass is 347 g/mol. The van der Waals surface area contributed by atoms with Crippen LogP contribution in [0.3, 0.4) is 0 Å². The van der Waals surface area contributed by atoms with Gasteiger partial charge < -0.3 is 15.1 Å². The van der Waals surface area contributed by atoms with Crippen LogP contribution in [0.15, 0.2) is 12.4 Å². The van der Waals surface area contributed by atoms with Gasteiger partial charge in [0.1, 0.15) is 0 Å². The van der Waals surface area contributed by atoms with Crippen LogP contribution in [0.1, 0.15) is 37.6 Å². The van der Waals surface area contributed by atoms with Crippen molar-refractivity contribution in [2.45, 2.75) is 33.2 Å². The first kappa shape index (κ1) is 17.8. The fraction of sp³-hybridized carbons (Fsp3) is 0.722. The van der Waals surface area contributed by atoms with Gasteiger partial charge in [-0.2, -0.15) is 5.10 Å². The van der Waals surface area contributed by atoms with Gasteiger partial charge in [0.25, 0.3) is 5.91 Å². The van der Waals surface area contributed by atoms with Crippen molar-refractivity contribution in [2.75, 3.05) is 26.2 Å². The standard InChI is InChI=1S/C18H29N5O2/c1-12(2)16-7-14(16)8-19-18(25)22-5-6-23(13(3)10-22)17(24)15-9-20-21(4)11-15/h9,11-14,16H,5-8,10H2,1-4H3,(H,19,25)/t13-,14-,16-/m0/s1. The fourth-order valence-electron chi connectivity index (χ4n) is 3.79. The Morgan fingerprint density at radius 3 is 2.68 bits per heavy atom. The van der Waals surface area contributed by atoms with Gasteiger partial charge in [-0.15, -0.1) is 0 Å². The Balaban J connectivity index is 1.48. The highest BCUT2D eigenvalue weighted by Crippen LogP contribution is 2.43. The molecule has 2 heterocycles. The molecule has 1 N–H and O–H groups in total. The second-order valence-corrected chi connectivity index (χ2v) is 7.79. The van der Waals surface area contributed by atoms with E-state index in [1.807, 2.05) is 16.7 Å². The number of aryl methyl sites for hydroxylation is 1. The van der Waals surface area contributed by atoms with Crippen molar-refractivity contribution in [3.63, 3.8) is 0 Å². The van der Waals surface area contributed by atoms with Crippen molar-refractivity contribution >= 4 is 11.9 Å². The number of amides is 3. The van der Waals surface area contributed by atoms with Gasteiger partial charge in [0.15, 0.2) is 0 Å². The number of hydrogen-bond acceptors (Lipinski definition) is 3. The number of piperazine rings is 1. The Morgan fingerprint density at radius 2 is 2.12 bits per heavy atom. The van der Waals surface area contributed by atoms with Gasteiger partial charge in [-0.1, -0.05) is 13.8 Å². The molecule has 0 aromatic carbocycles. The van der Waals surface area contributed by atoms with Crippen LogP contribution in [0.5, 0.6) is 0 Å². The van der Waals surface area contributed by atoms with E-state index in [0.29, 0.717) is 37.0 Å². The van der Waals surface area contributed by atoms with Crippen LogP contribution in [0, 0.1) is 17.8 Å². The lowest BCUT2D eigenvalue weighted by Crippen LogP contribution is -2.57. The molecule has 0 bridgehead atoms. The molecule has 3 amide bonds. The summed E-state index contributed by atoms with van der Waals surface area (Å²) in [7, 11) is 1.80. The third-order valence-electron chi connectivity index (χ3n) is 5.48. The summed E-state index contributed by atoms with van der Waals surface area (Å²) in [6.45, 7) is 8.94. The molecule has 1 aromatic heterocycles. The normalized spacial score (nSPS) is 26.0. The zero-order valence-corrected chi connectivity index (χ0v) is 15.6. The summed E-state index contributed by atoms with van der Waals surface area (Å²) in [5, 5.41) is 7.13. The van der Waals surface area contributed by atoms with E-state index in [1.165, 1.54) is 6.42 Å². The first-order valence-electron chi connectivity index (χ1n) is 9.19. The summed E-state index contributed by atoms with van der Waals surface area (Å²) in [6.07, 6.45) is 4.55. The number of carbonyl (C=O) groups is 2. The van der Waals surface area contributed by atoms with Gasteiger partial charge in [0, 0.05) is 45.5 Å². The second-order valence-electron chi connectivity index (χ2n) is 7.79. The first-order chi connectivity index (χ1) is 11.9. The molecule has 7 heteroatoms. The third kappa shape index (κ3) is 3.96. The molecule has 138 valence electrons. The number of nitrogens with one attached hydrogen (secondary N) is 1. The van der Waals surface area contributed by atoms with Gasteiger partial charge in [0.05, 0.1) is 11.8 Å². The Kier molecular flexibility index (Phi) is 5.01. The average Bonchev–Trinajstić information content (AvgIpc) is 3.24. The van der Waals surface area contributed by atoms with E-state index < -0.39 is 0 Å². The summed E-state index contributed by atoms with van der Waals surface area (Å²) in [4.78, 5) is 28.6. The maximum atomic E-state index is 12.6. The van der Waals surface area contributed by atoms with Crippen LogP contribution >= 0.6 is 0 Å². The summed E-state index contributed by atoms with van der Waals surface area (Å²) >= 11 is 0. The van der Waals surface area contributed by atoms with E-state index >= 15 is 0 Å². The molecule has 1 aliphatic carbocycles. The molecule has 2 aliphatic rings. The molecule has 2 fully saturated rings. The fourth-order valence-corrected chi connectivity index (χ4v) is 3.79. The van der Waals surface area contributed by atoms with E-state index in [9.17, 15) is 9.59 Å². The van der Waals surface area contributed by atoms with Gasteiger partial charge in [-0.05, 0) is 31.1 Å². The molecule has 1 saturated heterocycles. The lowest BCUT2D eigenvalue weighted by Gasteiger charge is -2.39. The lowest BCUT2D eigenvalue weighted by molar-refractivity contribution is 0.0539. The van der Waals surface area contributed by atoms with Gasteiger partial charge in [0.2, 0.25) is 0 Å². The van der Waals surface area contributed by atoms with Crippen molar-refractivity contribution in [2.24, 2.45) is 24.8 Å². The van der Waals surface area contributed by atoms with Gasteiger partial charge >= 0.3 is 6.03 Å². The van der Waals surface area contributed by atoms with E-state index in [-0.39, 0.29) is 18.0 Å². The number of hydrogen-bond donors (Lipinski definition) is 1. The molecule has 0 radical (unpaired) electrons. The van der Waals surface area contributed by atoms with Crippen molar-refractivity contribution in [3.05, 3.63) is 18.0 Å². The summed E-state index contributed by atoms with van der Waals surface area (Å²) in [5.41, 5.74) is 0.598. The van der Waals surface area contributed by atoms with Crippen molar-refractivity contribution in [1.29, 1.82) is 0 Å². The highest BCUT2D eigenvalue weighted by molar-refractivity contribution is 5.94. The van der Waals surface area contributed by atoms with Crippen molar-refractivity contribution in [1.82, 2.24) is 24.9 Å². The Bertz CT molecular complexity index is 641. The number of urea groups is 1. The Morgan fingerprint density at radius 1 is 1.36 bits per heavy atom. The summed E-state index contributed by atoms with van der Waals surface area (Å²) < 4.78 is 1.63. The van der Waals surface area contributed by atoms with Gasteiger partial charge in [-0.25, -0.2) is 4.79 Å². The molecule has 3 rings (SSSR count). The predicted octanol–water partition coefficient (Wildman–Crippen LogP) is 1.57. The van der Waals surface area contributed by atoms with E-state index in [4.69, 9.17) is 0 Å². The molecule has 1 aliphatic heterocycles. The van der Waals surface area contributed by atoms with Crippen LogP contribution in [0.4, 0.5) is 4.79 Å². The minimum Gasteiger partial charge on any atom is -0.338 e. The van der Waals surface area contributed by atoms with Crippen LogP contribution in [0.2, 0.25) is 0 Å². The predicted molar refractivity (Wildman–Crippen MR) is 95.1 cm³/mol. The Labute approximate surface area is 149 Å². The van der Waals surface area contributed by atoms with Crippen molar-refractivity contribution in [3.8, 4) is 0 Å². The van der Waals surface area contributed by atoms with E-state index in [1.54, 1.807) is 24.1 Å². The summed E-state index contributed by atoms with van der Waals surface area (Å²) in [6, 6.07) is -0.00808. The molecule has 3 atom stereocenters. The van der Waals surface area contributed by atoms with E-state index in [2.05, 4.69) is 24.3 Å². The van der Waals surface area contributed by atoms with Crippen LogP contribution < -0.4 is 5.32 Å². The third-order valence-corrected chi connectivity index (χ3v) is 5.48. The zero-order chi connectivity index (χ0) is 18.1. The number of aromatic nitrogens is 2. The molecular weight excluding hydrogens is 318 g/mol. The van der Waals surface area contributed by atoms with Crippen LogP contribution in [-0.4, -0.2) is 63.7 Å². The highest BCUT2D eigenvalue weighted by Gasteiger charge is 2.39. The zero-order valence-electron chi connectivity index (χ0n) is 15.6. The topological polar surface area (TPSA) is 70.5 Å². The smallest absolute Gasteiger partial charge is 0.317 e. The number of carbonyl (C=O) groups excluding carboxylic acids is 2. The quantitative estimate of drug-likeness (QED) is 0.899. The maximum absolute atomic E-state index is 12.6. The molecule has 1 aromatic rings. The number of rotatable bonds is 4. The van der Waals surface area contributed by atoms with Crippen LogP contribution in [-0.2, 0) is 7.05 Å². The lowest BCUT2D eigenvalue weighted by atomic mass is 10.1. The molecule has 1 saturated carbocycles. The largest absolute Gasteiger partial charge is 0.338 e. The molecule has 0 unspecified atom stereocenters. The summed E-state index contributed by atoms with van der Waals surface area (Å²) in [5.74, 6) is 2.07. The minimum absolute atomic E-state index is 0.00320. The molecule has 0 spiro atoms. The first-order valence-corrected chi connectivity index (χ1v) is 9.19. The van der Waals surface area contributed by atoms with Crippen LogP contribution in [0.25, 0.3) is 0 Å². The van der Waals surface area contributed by atoms with Gasteiger partial charge in [-0.3, -0.25) is 9.48 Å². The Hall–Kier alpha value is -2.05. The molecule has 25 heavy (non-hydrogen) atoms. The SMILES string of the molecule is CC(C)[C@@H]1C[C@H]1CNC(=O)N1CCN(C(=O)c2cnn(C)c2)[C@@H](C)C1. The van der Waals surface area contributed by atoms with Crippen molar-refractivity contribution < 1.29 is 9.59 Å². The molecular formula is C18H29N5O2. The average molecular weight is 347 g/mol. The number of nitrogens with zero attached hydrogens (tertiary/aromatic N) is 4. The van der Waals surface area contributed by atoms with E-state index in [0.717, 1.165) is 12.5 Å². The minimum atomic E-state index is -0.0154. The molecule has 7 nitrogen and oxygen atoms in total. The maximum Gasteiger partial charge on any atom is 0.317 e.